The SMILES string of the molecule is CCCN(CCC)C(=O)n1cc(CCn2c(N)c3cc(OC)c(OC)cc3nc2=S)c2ccccc21. The zero-order chi connectivity index (χ0) is 25.8. The summed E-state index contributed by atoms with van der Waals surface area (Å²) in [5.74, 6) is 1.66. The van der Waals surface area contributed by atoms with E-state index >= 15 is 0 Å². The molecule has 0 aliphatic heterocycles. The van der Waals surface area contributed by atoms with E-state index in [2.05, 4.69) is 24.9 Å². The lowest BCUT2D eigenvalue weighted by Gasteiger charge is -2.22. The largest absolute Gasteiger partial charge is 0.493 e. The van der Waals surface area contributed by atoms with Gasteiger partial charge in [-0.15, -0.1) is 0 Å². The Kier molecular flexibility index (Phi) is 7.79. The van der Waals surface area contributed by atoms with Crippen LogP contribution < -0.4 is 15.2 Å². The van der Waals surface area contributed by atoms with Crippen molar-refractivity contribution >= 4 is 45.9 Å². The van der Waals surface area contributed by atoms with Crippen LogP contribution in [0, 0.1) is 4.77 Å². The summed E-state index contributed by atoms with van der Waals surface area (Å²) in [4.78, 5) is 19.9. The van der Waals surface area contributed by atoms with Gasteiger partial charge in [-0.3, -0.25) is 4.57 Å². The van der Waals surface area contributed by atoms with Crippen molar-refractivity contribution in [1.82, 2.24) is 19.0 Å². The molecular weight excluding hydrogens is 474 g/mol. The Hall–Kier alpha value is -3.59. The number of nitrogen functional groups attached to an aromatic ring is 1. The topological polar surface area (TPSA) is 87.5 Å². The molecule has 2 heterocycles. The number of carbonyl (C=O) groups is 1. The molecule has 190 valence electrons. The van der Waals surface area contributed by atoms with Gasteiger partial charge in [-0.05, 0) is 49.2 Å². The van der Waals surface area contributed by atoms with E-state index in [1.54, 1.807) is 24.9 Å². The molecule has 0 unspecified atom stereocenters. The van der Waals surface area contributed by atoms with Crippen LogP contribution >= 0.6 is 12.2 Å². The van der Waals surface area contributed by atoms with Crippen LogP contribution in [0.25, 0.3) is 21.8 Å². The number of carbonyl (C=O) groups excluding carboxylic acids is 1. The molecule has 2 aromatic heterocycles. The van der Waals surface area contributed by atoms with Gasteiger partial charge < -0.3 is 24.7 Å². The average molecular weight is 508 g/mol. The van der Waals surface area contributed by atoms with Gasteiger partial charge in [0, 0.05) is 42.7 Å². The molecule has 1 amide bonds. The first-order chi connectivity index (χ1) is 17.4. The standard InChI is InChI=1S/C27H33N5O3S/c1-5-12-30(13-6-2)27(33)32-17-18(19-9-7-8-10-22(19)32)11-14-31-25(28)20-15-23(34-3)24(35-4)16-21(20)29-26(31)36/h7-10,15-17H,5-6,11-14,28H2,1-4H3. The monoisotopic (exact) mass is 507 g/mol. The van der Waals surface area contributed by atoms with Crippen LogP contribution in [0.5, 0.6) is 11.5 Å². The fraction of sp³-hybridized carbons (Fsp3) is 0.370. The number of amides is 1. The molecule has 4 rings (SSSR count). The second-order valence-electron chi connectivity index (χ2n) is 8.72. The van der Waals surface area contributed by atoms with Crippen LogP contribution in [0.2, 0.25) is 0 Å². The lowest BCUT2D eigenvalue weighted by molar-refractivity contribution is 0.200. The maximum absolute atomic E-state index is 13.4. The number of nitrogens with zero attached hydrogens (tertiary/aromatic N) is 4. The molecule has 0 bridgehead atoms. The molecule has 0 spiro atoms. The number of benzene rings is 2. The third kappa shape index (κ3) is 4.75. The molecule has 8 nitrogen and oxygen atoms in total. The van der Waals surface area contributed by atoms with Gasteiger partial charge in [-0.2, -0.15) is 0 Å². The van der Waals surface area contributed by atoms with E-state index in [-0.39, 0.29) is 6.03 Å². The highest BCUT2D eigenvalue weighted by molar-refractivity contribution is 7.71. The van der Waals surface area contributed by atoms with E-state index in [0.29, 0.717) is 40.6 Å². The van der Waals surface area contributed by atoms with Gasteiger partial charge in [-0.1, -0.05) is 32.0 Å². The molecule has 4 aromatic rings. The number of hydrogen-bond acceptors (Lipinski definition) is 6. The van der Waals surface area contributed by atoms with Crippen LogP contribution in [0.15, 0.2) is 42.6 Å². The van der Waals surface area contributed by atoms with E-state index in [0.717, 1.165) is 47.8 Å². The van der Waals surface area contributed by atoms with Gasteiger partial charge in [0.1, 0.15) is 5.82 Å². The molecule has 0 fully saturated rings. The van der Waals surface area contributed by atoms with Crippen molar-refractivity contribution in [3.05, 3.63) is 52.9 Å². The number of aryl methyl sites for hydroxylation is 1. The minimum Gasteiger partial charge on any atom is -0.493 e. The predicted molar refractivity (Wildman–Crippen MR) is 147 cm³/mol. The summed E-state index contributed by atoms with van der Waals surface area (Å²) >= 11 is 5.59. The molecule has 36 heavy (non-hydrogen) atoms. The summed E-state index contributed by atoms with van der Waals surface area (Å²) in [5, 5.41) is 1.79. The lowest BCUT2D eigenvalue weighted by Crippen LogP contribution is -2.35. The number of para-hydroxylation sites is 1. The molecule has 0 saturated heterocycles. The summed E-state index contributed by atoms with van der Waals surface area (Å²) in [6, 6.07) is 11.6. The second-order valence-corrected chi connectivity index (χ2v) is 9.08. The average Bonchev–Trinajstić information content (AvgIpc) is 3.26. The van der Waals surface area contributed by atoms with E-state index < -0.39 is 0 Å². The molecule has 0 saturated carbocycles. The van der Waals surface area contributed by atoms with Gasteiger partial charge in [0.2, 0.25) is 4.77 Å². The Labute approximate surface area is 216 Å². The van der Waals surface area contributed by atoms with Crippen LogP contribution in [-0.2, 0) is 13.0 Å². The summed E-state index contributed by atoms with van der Waals surface area (Å²) in [6.07, 6.45) is 4.43. The predicted octanol–water partition coefficient (Wildman–Crippen LogP) is 5.65. The fourth-order valence-electron chi connectivity index (χ4n) is 4.63. The number of ether oxygens (including phenoxy) is 2. The summed E-state index contributed by atoms with van der Waals surface area (Å²) in [7, 11) is 3.16. The molecule has 0 aliphatic carbocycles. The van der Waals surface area contributed by atoms with Crippen LogP contribution in [-0.4, -0.2) is 52.4 Å². The number of methoxy groups -OCH3 is 2. The number of rotatable bonds is 9. The van der Waals surface area contributed by atoms with Crippen LogP contribution in [0.4, 0.5) is 10.6 Å². The van der Waals surface area contributed by atoms with Gasteiger partial charge in [0.05, 0.1) is 25.3 Å². The van der Waals surface area contributed by atoms with E-state index in [9.17, 15) is 4.79 Å². The van der Waals surface area contributed by atoms with Gasteiger partial charge in [0.15, 0.2) is 11.5 Å². The van der Waals surface area contributed by atoms with Gasteiger partial charge in [0.25, 0.3) is 0 Å². The Bertz CT molecular complexity index is 1450. The number of nitrogens with two attached hydrogens (primary N) is 1. The summed E-state index contributed by atoms with van der Waals surface area (Å²) < 4.78 is 14.8. The van der Waals surface area contributed by atoms with Gasteiger partial charge in [-0.25, -0.2) is 9.78 Å². The zero-order valence-electron chi connectivity index (χ0n) is 21.3. The summed E-state index contributed by atoms with van der Waals surface area (Å²) in [6.45, 7) is 6.17. The maximum Gasteiger partial charge on any atom is 0.328 e. The Morgan fingerprint density at radius 3 is 2.39 bits per heavy atom. The molecule has 0 atom stereocenters. The van der Waals surface area contributed by atoms with Crippen LogP contribution in [0.3, 0.4) is 0 Å². The number of fused-ring (bicyclic) bond motifs is 2. The molecular formula is C27H33N5O3S. The van der Waals surface area contributed by atoms with Crippen molar-refractivity contribution in [3.8, 4) is 11.5 Å². The maximum atomic E-state index is 13.4. The normalized spacial score (nSPS) is 11.2. The first-order valence-electron chi connectivity index (χ1n) is 12.2. The first kappa shape index (κ1) is 25.5. The molecule has 2 aromatic carbocycles. The molecule has 0 aliphatic rings. The smallest absolute Gasteiger partial charge is 0.328 e. The highest BCUT2D eigenvalue weighted by atomic mass is 32.1. The number of aromatic nitrogens is 3. The Balaban J connectivity index is 1.70. The van der Waals surface area contributed by atoms with Crippen molar-refractivity contribution in [2.45, 2.75) is 39.7 Å². The van der Waals surface area contributed by atoms with Crippen molar-refractivity contribution in [3.63, 3.8) is 0 Å². The highest BCUT2D eigenvalue weighted by Crippen LogP contribution is 2.34. The number of hydrogen-bond donors (Lipinski definition) is 1. The fourth-order valence-corrected chi connectivity index (χ4v) is 4.92. The lowest BCUT2D eigenvalue weighted by atomic mass is 10.1. The van der Waals surface area contributed by atoms with Crippen molar-refractivity contribution < 1.29 is 14.3 Å². The Morgan fingerprint density at radius 2 is 1.72 bits per heavy atom. The third-order valence-corrected chi connectivity index (χ3v) is 6.69. The van der Waals surface area contributed by atoms with Crippen LogP contribution in [0.1, 0.15) is 32.3 Å². The Morgan fingerprint density at radius 1 is 1.06 bits per heavy atom. The highest BCUT2D eigenvalue weighted by Gasteiger charge is 2.19. The van der Waals surface area contributed by atoms with E-state index in [4.69, 9.17) is 27.4 Å². The minimum atomic E-state index is 0.00527. The van der Waals surface area contributed by atoms with Gasteiger partial charge >= 0.3 is 6.03 Å². The summed E-state index contributed by atoms with van der Waals surface area (Å²) in [5.41, 5.74) is 9.18. The zero-order valence-corrected chi connectivity index (χ0v) is 22.1. The minimum absolute atomic E-state index is 0.00527. The molecule has 9 heteroatoms. The van der Waals surface area contributed by atoms with Crippen molar-refractivity contribution in [1.29, 1.82) is 0 Å². The number of anilines is 1. The molecule has 0 radical (unpaired) electrons. The quantitative estimate of drug-likeness (QED) is 0.295. The third-order valence-electron chi connectivity index (χ3n) is 6.38. The first-order valence-corrected chi connectivity index (χ1v) is 12.6. The van der Waals surface area contributed by atoms with Crippen molar-refractivity contribution in [2.24, 2.45) is 0 Å². The van der Waals surface area contributed by atoms with E-state index in [1.807, 2.05) is 39.9 Å². The van der Waals surface area contributed by atoms with E-state index in [1.165, 1.54) is 0 Å². The second kappa shape index (κ2) is 11.0. The molecule has 2 N–H and O–H groups in total. The van der Waals surface area contributed by atoms with Crippen molar-refractivity contribution in [2.75, 3.05) is 33.0 Å².